The fourth-order valence-corrected chi connectivity index (χ4v) is 1.43. The Morgan fingerprint density at radius 2 is 1.89 bits per heavy atom. The zero-order valence-corrected chi connectivity index (χ0v) is 9.33. The summed E-state index contributed by atoms with van der Waals surface area (Å²) >= 11 is 0. The number of nitrogen functional groups attached to an aromatic ring is 1. The Hall–Kier alpha value is -2.69. The largest absolute Gasteiger partial charge is 0.508 e. The highest BCUT2D eigenvalue weighted by atomic mass is 16.5. The van der Waals surface area contributed by atoms with Gasteiger partial charge in [-0.05, 0) is 30.3 Å². The second-order valence-corrected chi connectivity index (χ2v) is 3.66. The molecule has 0 aromatic heterocycles. The van der Waals surface area contributed by atoms with Crippen LogP contribution in [0.1, 0.15) is 10.4 Å². The number of nitrogens with two attached hydrogens (primary N) is 1. The second-order valence-electron chi connectivity index (χ2n) is 3.66. The fourth-order valence-electron chi connectivity index (χ4n) is 1.43. The third-order valence-corrected chi connectivity index (χ3v) is 2.27. The standard InChI is InChI=1S/C13H11NO4/c14-8-4-5-12(16)11(6-8)13(17)18-10-3-1-2-9(15)7-10/h1-7,15-16H,14H2. The van der Waals surface area contributed by atoms with Crippen LogP contribution in [0.3, 0.4) is 0 Å². The lowest BCUT2D eigenvalue weighted by atomic mass is 10.2. The molecule has 2 aromatic rings. The Balaban J connectivity index is 2.24. The Labute approximate surface area is 103 Å². The van der Waals surface area contributed by atoms with E-state index in [0.29, 0.717) is 5.69 Å². The first-order valence-electron chi connectivity index (χ1n) is 5.16. The number of esters is 1. The van der Waals surface area contributed by atoms with E-state index in [1.807, 2.05) is 0 Å². The van der Waals surface area contributed by atoms with Gasteiger partial charge in [-0.25, -0.2) is 4.79 Å². The van der Waals surface area contributed by atoms with Gasteiger partial charge in [0.1, 0.15) is 22.8 Å². The topological polar surface area (TPSA) is 92.8 Å². The number of aromatic hydroxyl groups is 2. The molecule has 5 nitrogen and oxygen atoms in total. The van der Waals surface area contributed by atoms with E-state index in [0.717, 1.165) is 0 Å². The van der Waals surface area contributed by atoms with E-state index in [1.54, 1.807) is 0 Å². The Bertz CT molecular complexity index is 595. The van der Waals surface area contributed by atoms with Crippen molar-refractivity contribution in [2.24, 2.45) is 0 Å². The lowest BCUT2D eigenvalue weighted by Gasteiger charge is -2.06. The molecular formula is C13H11NO4. The maximum atomic E-state index is 11.8. The molecule has 0 amide bonds. The van der Waals surface area contributed by atoms with Gasteiger partial charge in [0.05, 0.1) is 0 Å². The van der Waals surface area contributed by atoms with Crippen molar-refractivity contribution in [2.75, 3.05) is 5.73 Å². The molecule has 0 fully saturated rings. The number of phenolic OH excluding ortho intramolecular Hbond substituents is 2. The third-order valence-electron chi connectivity index (χ3n) is 2.27. The fraction of sp³-hybridized carbons (Fsp3) is 0. The van der Waals surface area contributed by atoms with Gasteiger partial charge < -0.3 is 20.7 Å². The Morgan fingerprint density at radius 1 is 1.11 bits per heavy atom. The van der Waals surface area contributed by atoms with Gasteiger partial charge in [-0.2, -0.15) is 0 Å². The molecular weight excluding hydrogens is 234 g/mol. The molecule has 0 bridgehead atoms. The predicted octanol–water partition coefficient (Wildman–Crippen LogP) is 1.90. The summed E-state index contributed by atoms with van der Waals surface area (Å²) in [5, 5.41) is 18.8. The summed E-state index contributed by atoms with van der Waals surface area (Å²) < 4.78 is 5.00. The molecule has 2 aromatic carbocycles. The first-order valence-corrected chi connectivity index (χ1v) is 5.16. The number of carbonyl (C=O) groups is 1. The zero-order chi connectivity index (χ0) is 13.1. The number of ether oxygens (including phenoxy) is 1. The molecule has 92 valence electrons. The summed E-state index contributed by atoms with van der Waals surface area (Å²) in [5.41, 5.74) is 5.84. The highest BCUT2D eigenvalue weighted by Gasteiger charge is 2.14. The summed E-state index contributed by atoms with van der Waals surface area (Å²) in [6.07, 6.45) is 0. The first-order chi connectivity index (χ1) is 8.56. The van der Waals surface area contributed by atoms with E-state index in [4.69, 9.17) is 10.5 Å². The van der Waals surface area contributed by atoms with Crippen LogP contribution in [0, 0.1) is 0 Å². The van der Waals surface area contributed by atoms with Gasteiger partial charge in [-0.15, -0.1) is 0 Å². The zero-order valence-electron chi connectivity index (χ0n) is 9.33. The molecule has 0 aliphatic carbocycles. The minimum absolute atomic E-state index is 0.0166. The number of benzene rings is 2. The lowest BCUT2D eigenvalue weighted by molar-refractivity contribution is 0.0731. The van der Waals surface area contributed by atoms with Crippen LogP contribution in [0.15, 0.2) is 42.5 Å². The molecule has 2 rings (SSSR count). The van der Waals surface area contributed by atoms with Crippen LogP contribution in [0.4, 0.5) is 5.69 Å². The molecule has 0 aliphatic rings. The highest BCUT2D eigenvalue weighted by molar-refractivity contribution is 5.94. The van der Waals surface area contributed by atoms with Crippen molar-refractivity contribution in [2.45, 2.75) is 0 Å². The van der Waals surface area contributed by atoms with Crippen molar-refractivity contribution < 1.29 is 19.7 Å². The van der Waals surface area contributed by atoms with Crippen molar-refractivity contribution in [1.29, 1.82) is 0 Å². The molecule has 0 unspecified atom stereocenters. The van der Waals surface area contributed by atoms with Crippen LogP contribution in [0.25, 0.3) is 0 Å². The van der Waals surface area contributed by atoms with Crippen LogP contribution in [0.5, 0.6) is 17.2 Å². The van der Waals surface area contributed by atoms with Crippen molar-refractivity contribution in [3.05, 3.63) is 48.0 Å². The van der Waals surface area contributed by atoms with Crippen LogP contribution in [-0.2, 0) is 0 Å². The smallest absolute Gasteiger partial charge is 0.347 e. The summed E-state index contributed by atoms with van der Waals surface area (Å²) in [6, 6.07) is 9.91. The van der Waals surface area contributed by atoms with E-state index in [2.05, 4.69) is 0 Å². The molecule has 0 heterocycles. The van der Waals surface area contributed by atoms with Gasteiger partial charge in [-0.3, -0.25) is 0 Å². The number of carbonyl (C=O) groups excluding carboxylic acids is 1. The summed E-state index contributed by atoms with van der Waals surface area (Å²) in [6.45, 7) is 0. The van der Waals surface area contributed by atoms with Gasteiger partial charge in [-0.1, -0.05) is 6.07 Å². The van der Waals surface area contributed by atoms with E-state index in [-0.39, 0.29) is 22.8 Å². The molecule has 0 aliphatic heterocycles. The van der Waals surface area contributed by atoms with Crippen molar-refractivity contribution >= 4 is 11.7 Å². The summed E-state index contributed by atoms with van der Waals surface area (Å²) in [5.74, 6) is -0.793. The van der Waals surface area contributed by atoms with Gasteiger partial charge in [0.25, 0.3) is 0 Å². The number of rotatable bonds is 2. The molecule has 5 heteroatoms. The predicted molar refractivity (Wildman–Crippen MR) is 65.6 cm³/mol. The molecule has 18 heavy (non-hydrogen) atoms. The van der Waals surface area contributed by atoms with Gasteiger partial charge in [0.15, 0.2) is 0 Å². The van der Waals surface area contributed by atoms with E-state index >= 15 is 0 Å². The Kier molecular flexibility index (Phi) is 3.05. The summed E-state index contributed by atoms with van der Waals surface area (Å²) in [7, 11) is 0. The number of anilines is 1. The molecule has 0 atom stereocenters. The maximum absolute atomic E-state index is 11.8. The van der Waals surface area contributed by atoms with Crippen molar-refractivity contribution in [1.82, 2.24) is 0 Å². The van der Waals surface area contributed by atoms with Gasteiger partial charge in [0, 0.05) is 11.8 Å². The molecule has 4 N–H and O–H groups in total. The molecule has 0 radical (unpaired) electrons. The minimum atomic E-state index is -0.745. The lowest BCUT2D eigenvalue weighted by Crippen LogP contribution is -2.09. The number of hydrogen-bond donors (Lipinski definition) is 3. The summed E-state index contributed by atoms with van der Waals surface area (Å²) in [4.78, 5) is 11.8. The van der Waals surface area contributed by atoms with Crippen LogP contribution in [-0.4, -0.2) is 16.2 Å². The molecule has 0 saturated heterocycles. The van der Waals surface area contributed by atoms with Crippen molar-refractivity contribution in [3.8, 4) is 17.2 Å². The third kappa shape index (κ3) is 2.52. The number of hydrogen-bond acceptors (Lipinski definition) is 5. The normalized spacial score (nSPS) is 10.0. The quantitative estimate of drug-likeness (QED) is 0.325. The first kappa shape index (κ1) is 11.8. The average molecular weight is 245 g/mol. The molecule has 0 saturated carbocycles. The van der Waals surface area contributed by atoms with Crippen LogP contribution < -0.4 is 10.5 Å². The van der Waals surface area contributed by atoms with Gasteiger partial charge in [0.2, 0.25) is 0 Å². The number of phenols is 2. The van der Waals surface area contributed by atoms with E-state index < -0.39 is 5.97 Å². The second kappa shape index (κ2) is 4.67. The monoisotopic (exact) mass is 245 g/mol. The minimum Gasteiger partial charge on any atom is -0.508 e. The van der Waals surface area contributed by atoms with Crippen LogP contribution in [0.2, 0.25) is 0 Å². The van der Waals surface area contributed by atoms with Crippen LogP contribution >= 0.6 is 0 Å². The molecule has 0 spiro atoms. The van der Waals surface area contributed by atoms with Gasteiger partial charge >= 0.3 is 5.97 Å². The maximum Gasteiger partial charge on any atom is 0.347 e. The SMILES string of the molecule is Nc1ccc(O)c(C(=O)Oc2cccc(O)c2)c1. The van der Waals surface area contributed by atoms with E-state index in [9.17, 15) is 15.0 Å². The average Bonchev–Trinajstić information content (AvgIpc) is 2.32. The highest BCUT2D eigenvalue weighted by Crippen LogP contribution is 2.23. The Morgan fingerprint density at radius 3 is 2.61 bits per heavy atom. The van der Waals surface area contributed by atoms with E-state index in [1.165, 1.54) is 42.5 Å². The van der Waals surface area contributed by atoms with Crippen molar-refractivity contribution in [3.63, 3.8) is 0 Å².